The van der Waals surface area contributed by atoms with Gasteiger partial charge in [0.05, 0.1) is 11.8 Å². The van der Waals surface area contributed by atoms with Gasteiger partial charge >= 0.3 is 0 Å². The first kappa shape index (κ1) is 14.0. The lowest BCUT2D eigenvalue weighted by molar-refractivity contribution is 0.0945. The minimum absolute atomic E-state index is 0.0196. The molecule has 4 N–H and O–H groups in total. The van der Waals surface area contributed by atoms with E-state index in [-0.39, 0.29) is 16.6 Å². The molecule has 7 heteroatoms. The smallest absolute Gasteiger partial charge is 0.257 e. The number of furan rings is 1. The largest absolute Gasteiger partial charge is 0.452 e. The number of nitrogens with zero attached hydrogens (tertiary/aromatic N) is 1. The van der Waals surface area contributed by atoms with Crippen LogP contribution in [0.1, 0.15) is 22.0 Å². The number of halogens is 1. The molecule has 0 aliphatic carbocycles. The third-order valence-electron chi connectivity index (χ3n) is 2.68. The van der Waals surface area contributed by atoms with E-state index in [9.17, 15) is 4.79 Å². The molecular formula is C13H12ClN3O3. The number of nitrogens with one attached hydrogen (secondary N) is 1. The van der Waals surface area contributed by atoms with Crippen LogP contribution in [0.2, 0.25) is 5.22 Å². The summed E-state index contributed by atoms with van der Waals surface area (Å²) in [5, 5.41) is 14.4. The number of benzene rings is 1. The van der Waals surface area contributed by atoms with Crippen LogP contribution >= 0.6 is 11.6 Å². The van der Waals surface area contributed by atoms with Gasteiger partial charge in [-0.15, -0.1) is 0 Å². The summed E-state index contributed by atoms with van der Waals surface area (Å²) >= 11 is 5.74. The quantitative estimate of drug-likeness (QED) is 0.348. The predicted molar refractivity (Wildman–Crippen MR) is 73.8 cm³/mol. The first-order valence-corrected chi connectivity index (χ1v) is 6.07. The maximum atomic E-state index is 12.1. The molecule has 0 bridgehead atoms. The van der Waals surface area contributed by atoms with Crippen LogP contribution in [0, 0.1) is 0 Å². The molecule has 1 unspecified atom stereocenters. The minimum Gasteiger partial charge on any atom is -0.452 e. The SMILES string of the molecule is N/C(=N/O)C(NC(=O)c1ccoc1Cl)c1ccccc1. The molecule has 2 aromatic rings. The molecule has 0 fully saturated rings. The van der Waals surface area contributed by atoms with E-state index in [1.807, 2.05) is 6.07 Å². The van der Waals surface area contributed by atoms with Gasteiger partial charge in [-0.1, -0.05) is 35.5 Å². The van der Waals surface area contributed by atoms with Gasteiger partial charge in [0.25, 0.3) is 5.91 Å². The second kappa shape index (κ2) is 6.12. The van der Waals surface area contributed by atoms with Gasteiger partial charge in [-0.2, -0.15) is 0 Å². The molecule has 1 heterocycles. The van der Waals surface area contributed by atoms with E-state index in [2.05, 4.69) is 10.5 Å². The van der Waals surface area contributed by atoms with E-state index in [0.717, 1.165) is 0 Å². The fraction of sp³-hybridized carbons (Fsp3) is 0.0769. The van der Waals surface area contributed by atoms with Crippen molar-refractivity contribution in [3.05, 3.63) is 59.0 Å². The summed E-state index contributed by atoms with van der Waals surface area (Å²) in [5.41, 5.74) is 6.47. The average Bonchev–Trinajstić information content (AvgIpc) is 2.91. The molecule has 1 aromatic heterocycles. The Morgan fingerprint density at radius 2 is 2.05 bits per heavy atom. The second-order valence-electron chi connectivity index (χ2n) is 3.95. The molecule has 20 heavy (non-hydrogen) atoms. The second-order valence-corrected chi connectivity index (χ2v) is 4.29. The zero-order chi connectivity index (χ0) is 14.5. The van der Waals surface area contributed by atoms with Crippen molar-refractivity contribution in [1.29, 1.82) is 0 Å². The number of amides is 1. The highest BCUT2D eigenvalue weighted by Gasteiger charge is 2.22. The molecule has 2 rings (SSSR count). The molecule has 104 valence electrons. The Bertz CT molecular complexity index is 625. The van der Waals surface area contributed by atoms with E-state index < -0.39 is 11.9 Å². The minimum atomic E-state index is -0.764. The maximum Gasteiger partial charge on any atom is 0.257 e. The summed E-state index contributed by atoms with van der Waals surface area (Å²) < 4.78 is 4.85. The van der Waals surface area contributed by atoms with Crippen LogP contribution in [-0.2, 0) is 0 Å². The number of carbonyl (C=O) groups excluding carboxylic acids is 1. The van der Waals surface area contributed by atoms with Crippen LogP contribution < -0.4 is 11.1 Å². The fourth-order valence-corrected chi connectivity index (χ4v) is 1.90. The number of hydrogen-bond donors (Lipinski definition) is 3. The van der Waals surface area contributed by atoms with Crippen molar-refractivity contribution >= 4 is 23.3 Å². The molecule has 0 spiro atoms. The highest BCUT2D eigenvalue weighted by Crippen LogP contribution is 2.19. The van der Waals surface area contributed by atoms with Crippen LogP contribution in [0.25, 0.3) is 0 Å². The third-order valence-corrected chi connectivity index (χ3v) is 2.97. The van der Waals surface area contributed by atoms with E-state index >= 15 is 0 Å². The Kier molecular flexibility index (Phi) is 4.27. The molecule has 0 radical (unpaired) electrons. The monoisotopic (exact) mass is 293 g/mol. The summed E-state index contributed by atoms with van der Waals surface area (Å²) in [6, 6.07) is 9.56. The van der Waals surface area contributed by atoms with Gasteiger partial charge < -0.3 is 20.7 Å². The number of nitrogens with two attached hydrogens (primary N) is 1. The van der Waals surface area contributed by atoms with Crippen LogP contribution in [0.5, 0.6) is 0 Å². The van der Waals surface area contributed by atoms with Gasteiger partial charge in [0.1, 0.15) is 6.04 Å². The number of amidine groups is 1. The van der Waals surface area contributed by atoms with Crippen molar-refractivity contribution < 1.29 is 14.4 Å². The molecule has 6 nitrogen and oxygen atoms in total. The van der Waals surface area contributed by atoms with Gasteiger partial charge in [-0.3, -0.25) is 4.79 Å². The number of hydrogen-bond acceptors (Lipinski definition) is 4. The molecular weight excluding hydrogens is 282 g/mol. The summed E-state index contributed by atoms with van der Waals surface area (Å²) in [6.07, 6.45) is 1.30. The lowest BCUT2D eigenvalue weighted by atomic mass is 10.1. The molecule has 0 saturated carbocycles. The summed E-state index contributed by atoms with van der Waals surface area (Å²) in [5.74, 6) is -0.617. The van der Waals surface area contributed by atoms with Crippen molar-refractivity contribution in [3.63, 3.8) is 0 Å². The average molecular weight is 294 g/mol. The van der Waals surface area contributed by atoms with Crippen molar-refractivity contribution in [2.45, 2.75) is 6.04 Å². The van der Waals surface area contributed by atoms with E-state index in [1.54, 1.807) is 24.3 Å². The number of carbonyl (C=O) groups is 1. The molecule has 1 atom stereocenters. The maximum absolute atomic E-state index is 12.1. The Hall–Kier alpha value is -2.47. The first-order valence-electron chi connectivity index (χ1n) is 5.69. The molecule has 1 amide bonds. The van der Waals surface area contributed by atoms with Gasteiger partial charge in [0.15, 0.2) is 5.84 Å². The van der Waals surface area contributed by atoms with Crippen molar-refractivity contribution in [3.8, 4) is 0 Å². The lowest BCUT2D eigenvalue weighted by Crippen LogP contribution is -2.37. The Morgan fingerprint density at radius 3 is 2.60 bits per heavy atom. The highest BCUT2D eigenvalue weighted by atomic mass is 35.5. The topological polar surface area (TPSA) is 101 Å². The van der Waals surface area contributed by atoms with Gasteiger partial charge in [-0.25, -0.2) is 0 Å². The zero-order valence-corrected chi connectivity index (χ0v) is 11.0. The Morgan fingerprint density at radius 1 is 1.35 bits per heavy atom. The molecule has 0 aliphatic heterocycles. The third kappa shape index (κ3) is 2.92. The van der Waals surface area contributed by atoms with Crippen molar-refractivity contribution in [2.24, 2.45) is 10.9 Å². The molecule has 0 saturated heterocycles. The first-order chi connectivity index (χ1) is 9.63. The number of rotatable bonds is 4. The Balaban J connectivity index is 2.26. The lowest BCUT2D eigenvalue weighted by Gasteiger charge is -2.17. The standard InChI is InChI=1S/C13H12ClN3O3/c14-11-9(6-7-20-11)13(18)16-10(12(15)17-19)8-4-2-1-3-5-8/h1-7,10,19H,(H2,15,17)(H,16,18). The van der Waals surface area contributed by atoms with E-state index in [1.165, 1.54) is 12.3 Å². The van der Waals surface area contributed by atoms with Crippen LogP contribution in [0.15, 0.2) is 52.2 Å². The molecule has 0 aliphatic rings. The van der Waals surface area contributed by atoms with E-state index in [0.29, 0.717) is 5.56 Å². The highest BCUT2D eigenvalue weighted by molar-refractivity contribution is 6.32. The Labute approximate surface area is 119 Å². The molecule has 1 aromatic carbocycles. The van der Waals surface area contributed by atoms with Crippen molar-refractivity contribution in [2.75, 3.05) is 0 Å². The normalized spacial score (nSPS) is 12.9. The summed E-state index contributed by atoms with van der Waals surface area (Å²) in [7, 11) is 0. The predicted octanol–water partition coefficient (Wildman–Crippen LogP) is 2.15. The van der Waals surface area contributed by atoms with E-state index in [4.69, 9.17) is 27.0 Å². The van der Waals surface area contributed by atoms with Gasteiger partial charge in [0.2, 0.25) is 5.22 Å². The number of oxime groups is 1. The summed E-state index contributed by atoms with van der Waals surface area (Å²) in [4.78, 5) is 12.1. The summed E-state index contributed by atoms with van der Waals surface area (Å²) in [6.45, 7) is 0. The zero-order valence-electron chi connectivity index (χ0n) is 10.3. The van der Waals surface area contributed by atoms with Crippen molar-refractivity contribution in [1.82, 2.24) is 5.32 Å². The van der Waals surface area contributed by atoms with Crippen LogP contribution in [0.4, 0.5) is 0 Å². The van der Waals surface area contributed by atoms with Gasteiger partial charge in [0, 0.05) is 0 Å². The fourth-order valence-electron chi connectivity index (χ4n) is 1.70. The van der Waals surface area contributed by atoms with Crippen LogP contribution in [0.3, 0.4) is 0 Å². The van der Waals surface area contributed by atoms with Gasteiger partial charge in [-0.05, 0) is 23.2 Å². The van der Waals surface area contributed by atoms with Crippen LogP contribution in [-0.4, -0.2) is 17.0 Å².